The van der Waals surface area contributed by atoms with Crippen LogP contribution in [0.5, 0.6) is 0 Å². The van der Waals surface area contributed by atoms with Gasteiger partial charge in [-0.15, -0.1) is 0 Å². The SMILES string of the molecule is CC(C)c1cn(C(C)(C)C(=O)O)cn1. The zero-order valence-corrected chi connectivity index (χ0v) is 8.98. The third-order valence-corrected chi connectivity index (χ3v) is 2.36. The molecule has 4 nitrogen and oxygen atoms in total. The Balaban J connectivity index is 3.03. The van der Waals surface area contributed by atoms with Gasteiger partial charge in [-0.2, -0.15) is 0 Å². The molecule has 78 valence electrons. The summed E-state index contributed by atoms with van der Waals surface area (Å²) in [5.74, 6) is -0.536. The van der Waals surface area contributed by atoms with Crippen LogP contribution < -0.4 is 0 Å². The van der Waals surface area contributed by atoms with Crippen LogP contribution >= 0.6 is 0 Å². The van der Waals surface area contributed by atoms with E-state index < -0.39 is 11.5 Å². The van der Waals surface area contributed by atoms with E-state index in [1.807, 2.05) is 13.8 Å². The van der Waals surface area contributed by atoms with Crippen LogP contribution in [0.15, 0.2) is 12.5 Å². The number of hydrogen-bond acceptors (Lipinski definition) is 2. The maximum absolute atomic E-state index is 11.0. The molecule has 1 aromatic heterocycles. The molecule has 14 heavy (non-hydrogen) atoms. The number of carboxylic acids is 1. The summed E-state index contributed by atoms with van der Waals surface area (Å²) in [6.07, 6.45) is 3.36. The first-order valence-corrected chi connectivity index (χ1v) is 4.63. The molecule has 0 aliphatic heterocycles. The molecular formula is C10H16N2O2. The lowest BCUT2D eigenvalue weighted by Gasteiger charge is -2.20. The normalized spacial score (nSPS) is 12.1. The molecule has 1 rings (SSSR count). The van der Waals surface area contributed by atoms with Crippen LogP contribution in [-0.4, -0.2) is 20.6 Å². The predicted octanol–water partition coefficient (Wildman–Crippen LogP) is 1.83. The minimum atomic E-state index is -0.930. The van der Waals surface area contributed by atoms with Crippen LogP contribution in [0.25, 0.3) is 0 Å². The van der Waals surface area contributed by atoms with E-state index in [4.69, 9.17) is 5.11 Å². The van der Waals surface area contributed by atoms with Crippen molar-refractivity contribution < 1.29 is 9.90 Å². The maximum atomic E-state index is 11.0. The van der Waals surface area contributed by atoms with Crippen molar-refractivity contribution in [3.63, 3.8) is 0 Å². The summed E-state index contributed by atoms with van der Waals surface area (Å²) < 4.78 is 1.63. The van der Waals surface area contributed by atoms with Crippen LogP contribution in [0.1, 0.15) is 39.3 Å². The molecule has 0 bridgehead atoms. The molecule has 1 heterocycles. The van der Waals surface area contributed by atoms with Crippen LogP contribution in [0.2, 0.25) is 0 Å². The van der Waals surface area contributed by atoms with Crippen molar-refractivity contribution in [2.24, 2.45) is 0 Å². The van der Waals surface area contributed by atoms with Gasteiger partial charge in [0, 0.05) is 6.20 Å². The Morgan fingerprint density at radius 3 is 2.50 bits per heavy atom. The van der Waals surface area contributed by atoms with Gasteiger partial charge < -0.3 is 9.67 Å². The van der Waals surface area contributed by atoms with E-state index in [2.05, 4.69) is 4.98 Å². The van der Waals surface area contributed by atoms with E-state index >= 15 is 0 Å². The molecule has 0 aromatic carbocycles. The molecule has 0 unspecified atom stereocenters. The van der Waals surface area contributed by atoms with E-state index in [1.165, 1.54) is 0 Å². The van der Waals surface area contributed by atoms with Gasteiger partial charge in [-0.3, -0.25) is 0 Å². The first kappa shape index (κ1) is 10.8. The van der Waals surface area contributed by atoms with Crippen molar-refractivity contribution in [2.45, 2.75) is 39.2 Å². The first-order chi connectivity index (χ1) is 6.35. The number of aliphatic carboxylic acids is 1. The summed E-state index contributed by atoms with van der Waals surface area (Å²) in [6, 6.07) is 0. The standard InChI is InChI=1S/C10H16N2O2/c1-7(2)8-5-12(6-11-8)10(3,4)9(13)14/h5-7H,1-4H3,(H,13,14). The summed E-state index contributed by atoms with van der Waals surface area (Å²) in [6.45, 7) is 7.36. The van der Waals surface area contributed by atoms with Gasteiger partial charge in [0.1, 0.15) is 5.54 Å². The highest BCUT2D eigenvalue weighted by molar-refractivity contribution is 5.75. The predicted molar refractivity (Wildman–Crippen MR) is 53.3 cm³/mol. The number of rotatable bonds is 3. The van der Waals surface area contributed by atoms with Crippen molar-refractivity contribution in [1.29, 1.82) is 0 Å². The van der Waals surface area contributed by atoms with E-state index in [9.17, 15) is 4.79 Å². The molecule has 0 aliphatic carbocycles. The van der Waals surface area contributed by atoms with E-state index in [0.717, 1.165) is 5.69 Å². The Morgan fingerprint density at radius 1 is 1.57 bits per heavy atom. The second kappa shape index (κ2) is 3.44. The summed E-state index contributed by atoms with van der Waals surface area (Å²) >= 11 is 0. The van der Waals surface area contributed by atoms with Crippen molar-refractivity contribution in [3.8, 4) is 0 Å². The van der Waals surface area contributed by atoms with Gasteiger partial charge in [0.2, 0.25) is 0 Å². The number of aromatic nitrogens is 2. The molecule has 0 radical (unpaired) electrons. The number of hydrogen-bond donors (Lipinski definition) is 1. The molecule has 4 heteroatoms. The Kier molecular flexibility index (Phi) is 2.64. The van der Waals surface area contributed by atoms with Gasteiger partial charge in [0.25, 0.3) is 0 Å². The quantitative estimate of drug-likeness (QED) is 0.802. The molecule has 0 fully saturated rings. The van der Waals surface area contributed by atoms with Crippen LogP contribution in [-0.2, 0) is 10.3 Å². The highest BCUT2D eigenvalue weighted by Gasteiger charge is 2.29. The summed E-state index contributed by atoms with van der Waals surface area (Å²) in [5, 5.41) is 8.99. The van der Waals surface area contributed by atoms with E-state index in [-0.39, 0.29) is 0 Å². The third kappa shape index (κ3) is 1.78. The second-order valence-corrected chi connectivity index (χ2v) is 4.22. The van der Waals surface area contributed by atoms with Crippen LogP contribution in [0, 0.1) is 0 Å². The van der Waals surface area contributed by atoms with Crippen molar-refractivity contribution in [3.05, 3.63) is 18.2 Å². The van der Waals surface area contributed by atoms with Crippen LogP contribution in [0.4, 0.5) is 0 Å². The molecule has 0 saturated heterocycles. The molecule has 0 spiro atoms. The van der Waals surface area contributed by atoms with Crippen molar-refractivity contribution >= 4 is 5.97 Å². The van der Waals surface area contributed by atoms with Gasteiger partial charge in [0.15, 0.2) is 0 Å². The van der Waals surface area contributed by atoms with Crippen molar-refractivity contribution in [2.75, 3.05) is 0 Å². The summed E-state index contributed by atoms with van der Waals surface area (Å²) in [4.78, 5) is 15.1. The average Bonchev–Trinajstić information content (AvgIpc) is 2.51. The van der Waals surface area contributed by atoms with Gasteiger partial charge in [0.05, 0.1) is 12.0 Å². The summed E-state index contributed by atoms with van der Waals surface area (Å²) in [7, 11) is 0. The number of carboxylic acid groups (broad SMARTS) is 1. The zero-order valence-electron chi connectivity index (χ0n) is 8.98. The number of nitrogens with zero attached hydrogens (tertiary/aromatic N) is 2. The van der Waals surface area contributed by atoms with E-state index in [1.54, 1.807) is 30.9 Å². The fourth-order valence-corrected chi connectivity index (χ4v) is 1.05. The Hall–Kier alpha value is -1.32. The maximum Gasteiger partial charge on any atom is 0.329 e. The Labute approximate surface area is 83.6 Å². The fraction of sp³-hybridized carbons (Fsp3) is 0.600. The minimum Gasteiger partial charge on any atom is -0.480 e. The smallest absolute Gasteiger partial charge is 0.329 e. The Bertz CT molecular complexity index is 340. The molecule has 0 saturated carbocycles. The first-order valence-electron chi connectivity index (χ1n) is 4.63. The van der Waals surface area contributed by atoms with E-state index in [0.29, 0.717) is 5.92 Å². The van der Waals surface area contributed by atoms with Gasteiger partial charge in [-0.05, 0) is 19.8 Å². The molecule has 0 atom stereocenters. The average molecular weight is 196 g/mol. The lowest BCUT2D eigenvalue weighted by molar-refractivity contribution is -0.145. The Morgan fingerprint density at radius 2 is 2.14 bits per heavy atom. The van der Waals surface area contributed by atoms with Gasteiger partial charge in [-0.1, -0.05) is 13.8 Å². The van der Waals surface area contributed by atoms with Crippen molar-refractivity contribution in [1.82, 2.24) is 9.55 Å². The number of carbonyl (C=O) groups is 1. The monoisotopic (exact) mass is 196 g/mol. The van der Waals surface area contributed by atoms with Gasteiger partial charge >= 0.3 is 5.97 Å². The fourth-order valence-electron chi connectivity index (χ4n) is 1.05. The minimum absolute atomic E-state index is 0.320. The topological polar surface area (TPSA) is 55.1 Å². The summed E-state index contributed by atoms with van der Waals surface area (Å²) in [5.41, 5.74) is -0.0144. The zero-order chi connectivity index (χ0) is 10.9. The van der Waals surface area contributed by atoms with Crippen LogP contribution in [0.3, 0.4) is 0 Å². The highest BCUT2D eigenvalue weighted by atomic mass is 16.4. The number of imidazole rings is 1. The molecule has 1 N–H and O–H groups in total. The lowest BCUT2D eigenvalue weighted by Crippen LogP contribution is -2.34. The second-order valence-electron chi connectivity index (χ2n) is 4.22. The highest BCUT2D eigenvalue weighted by Crippen LogP contribution is 2.18. The molecule has 1 aromatic rings. The molecular weight excluding hydrogens is 180 g/mol. The van der Waals surface area contributed by atoms with Gasteiger partial charge in [-0.25, -0.2) is 9.78 Å². The lowest BCUT2D eigenvalue weighted by atomic mass is 10.1. The molecule has 0 amide bonds. The third-order valence-electron chi connectivity index (χ3n) is 2.36. The molecule has 0 aliphatic rings. The largest absolute Gasteiger partial charge is 0.480 e.